The Hall–Kier alpha value is -1.69. The number of benzene rings is 1. The highest BCUT2D eigenvalue weighted by atomic mass is 32.1. The first-order chi connectivity index (χ1) is 8.08. The molecule has 6 heteroatoms. The maximum absolute atomic E-state index is 13.1. The maximum Gasteiger partial charge on any atom is 0.410 e. The molecule has 0 radical (unpaired) electrons. The second kappa shape index (κ2) is 4.67. The van der Waals surface area contributed by atoms with Crippen molar-refractivity contribution in [3.63, 3.8) is 0 Å². The van der Waals surface area contributed by atoms with Gasteiger partial charge in [0.1, 0.15) is 17.4 Å². The van der Waals surface area contributed by atoms with E-state index in [9.17, 15) is 9.18 Å². The maximum atomic E-state index is 13.1. The number of amides is 1. The molecule has 1 aliphatic rings. The van der Waals surface area contributed by atoms with Crippen LogP contribution in [0.25, 0.3) is 0 Å². The van der Waals surface area contributed by atoms with Gasteiger partial charge < -0.3 is 15.4 Å². The summed E-state index contributed by atoms with van der Waals surface area (Å²) in [6, 6.07) is 4.17. The largest absolute Gasteiger partial charge is 0.448 e. The van der Waals surface area contributed by atoms with Crippen LogP contribution in [0.1, 0.15) is 11.1 Å². The fourth-order valence-electron chi connectivity index (χ4n) is 1.69. The van der Waals surface area contributed by atoms with Gasteiger partial charge in [0.05, 0.1) is 6.54 Å². The van der Waals surface area contributed by atoms with Crippen molar-refractivity contribution in [3.8, 4) is 0 Å². The molecule has 0 saturated carbocycles. The summed E-state index contributed by atoms with van der Waals surface area (Å²) in [5, 5.41) is 0. The molecule has 1 amide bonds. The Morgan fingerprint density at radius 1 is 1.59 bits per heavy atom. The molecule has 1 aromatic carbocycles. The Morgan fingerprint density at radius 2 is 2.35 bits per heavy atom. The summed E-state index contributed by atoms with van der Waals surface area (Å²) in [5.74, 6) is -0.402. The van der Waals surface area contributed by atoms with E-state index in [1.54, 1.807) is 6.07 Å². The zero-order valence-corrected chi connectivity index (χ0v) is 9.80. The van der Waals surface area contributed by atoms with E-state index in [0.717, 1.165) is 5.56 Å². The first kappa shape index (κ1) is 11.8. The van der Waals surface area contributed by atoms with Crippen molar-refractivity contribution < 1.29 is 13.9 Å². The van der Waals surface area contributed by atoms with E-state index < -0.39 is 5.82 Å². The Morgan fingerprint density at radius 3 is 2.94 bits per heavy atom. The lowest BCUT2D eigenvalue weighted by molar-refractivity contribution is 0.157. The average Bonchev–Trinajstić information content (AvgIpc) is 2.67. The topological polar surface area (TPSA) is 55.6 Å². The van der Waals surface area contributed by atoms with Gasteiger partial charge in [-0.15, -0.1) is 0 Å². The van der Waals surface area contributed by atoms with E-state index in [1.807, 2.05) is 0 Å². The molecule has 0 aromatic heterocycles. The van der Waals surface area contributed by atoms with Crippen molar-refractivity contribution in [1.82, 2.24) is 4.90 Å². The minimum absolute atomic E-state index is 0.118. The van der Waals surface area contributed by atoms with Gasteiger partial charge in [0, 0.05) is 12.1 Å². The molecular formula is C11H11FN2O2S. The fraction of sp³-hybridized carbons (Fsp3) is 0.273. The number of nitrogens with zero attached hydrogens (tertiary/aromatic N) is 1. The van der Waals surface area contributed by atoms with E-state index in [1.165, 1.54) is 17.0 Å². The van der Waals surface area contributed by atoms with E-state index in [4.69, 9.17) is 22.7 Å². The SMILES string of the molecule is NC(=S)c1cc(F)ccc1CN1CCOC1=O. The smallest absolute Gasteiger partial charge is 0.410 e. The summed E-state index contributed by atoms with van der Waals surface area (Å²) < 4.78 is 17.9. The lowest BCUT2D eigenvalue weighted by Crippen LogP contribution is -2.25. The van der Waals surface area contributed by atoms with Crippen LogP contribution >= 0.6 is 12.2 Å². The highest BCUT2D eigenvalue weighted by Crippen LogP contribution is 2.16. The summed E-state index contributed by atoms with van der Waals surface area (Å²) in [4.78, 5) is 12.9. The number of hydrogen-bond donors (Lipinski definition) is 1. The predicted octanol–water partition coefficient (Wildman–Crippen LogP) is 1.41. The van der Waals surface area contributed by atoms with Crippen LogP contribution in [0, 0.1) is 5.82 Å². The summed E-state index contributed by atoms with van der Waals surface area (Å²) in [7, 11) is 0. The van der Waals surface area contributed by atoms with Crippen LogP contribution in [0.3, 0.4) is 0 Å². The number of hydrogen-bond acceptors (Lipinski definition) is 3. The number of rotatable bonds is 3. The van der Waals surface area contributed by atoms with E-state index in [2.05, 4.69) is 0 Å². The van der Waals surface area contributed by atoms with Gasteiger partial charge in [-0.3, -0.25) is 0 Å². The molecule has 1 saturated heterocycles. The molecule has 2 rings (SSSR count). The van der Waals surface area contributed by atoms with Crippen LogP contribution < -0.4 is 5.73 Å². The molecule has 4 nitrogen and oxygen atoms in total. The number of cyclic esters (lactones) is 1. The molecule has 1 aromatic rings. The van der Waals surface area contributed by atoms with Crippen molar-refractivity contribution in [3.05, 3.63) is 35.1 Å². The van der Waals surface area contributed by atoms with Gasteiger partial charge in [-0.1, -0.05) is 18.3 Å². The summed E-state index contributed by atoms with van der Waals surface area (Å²) in [6.07, 6.45) is -0.372. The number of halogens is 1. The van der Waals surface area contributed by atoms with Gasteiger partial charge in [0.25, 0.3) is 0 Å². The third kappa shape index (κ3) is 2.52. The van der Waals surface area contributed by atoms with Crippen molar-refractivity contribution >= 4 is 23.3 Å². The van der Waals surface area contributed by atoms with Gasteiger partial charge in [0.15, 0.2) is 0 Å². The van der Waals surface area contributed by atoms with Gasteiger partial charge in [0.2, 0.25) is 0 Å². The Balaban J connectivity index is 2.25. The number of carbonyl (C=O) groups is 1. The number of nitrogens with two attached hydrogens (primary N) is 1. The highest BCUT2D eigenvalue weighted by molar-refractivity contribution is 7.80. The van der Waals surface area contributed by atoms with Crippen molar-refractivity contribution in [2.45, 2.75) is 6.54 Å². The normalized spacial score (nSPS) is 14.9. The van der Waals surface area contributed by atoms with Crippen molar-refractivity contribution in [1.29, 1.82) is 0 Å². The molecule has 1 fully saturated rings. The molecular weight excluding hydrogens is 243 g/mol. The molecule has 0 aliphatic carbocycles. The van der Waals surface area contributed by atoms with Gasteiger partial charge in [-0.25, -0.2) is 9.18 Å². The molecule has 2 N–H and O–H groups in total. The van der Waals surface area contributed by atoms with Crippen LogP contribution in [0.15, 0.2) is 18.2 Å². The quantitative estimate of drug-likeness (QED) is 0.829. The Kier molecular flexibility index (Phi) is 3.23. The summed E-state index contributed by atoms with van der Waals surface area (Å²) >= 11 is 4.86. The predicted molar refractivity (Wildman–Crippen MR) is 64.0 cm³/mol. The molecule has 0 unspecified atom stereocenters. The van der Waals surface area contributed by atoms with Gasteiger partial charge in [-0.2, -0.15) is 0 Å². The van der Waals surface area contributed by atoms with E-state index in [-0.39, 0.29) is 11.1 Å². The van der Waals surface area contributed by atoms with Crippen LogP contribution in [0.4, 0.5) is 9.18 Å². The van der Waals surface area contributed by atoms with Gasteiger partial charge in [-0.05, 0) is 17.7 Å². The molecule has 1 heterocycles. The van der Waals surface area contributed by atoms with E-state index in [0.29, 0.717) is 25.3 Å². The third-order valence-electron chi connectivity index (χ3n) is 2.54. The average molecular weight is 254 g/mol. The van der Waals surface area contributed by atoms with Crippen LogP contribution in [-0.4, -0.2) is 29.1 Å². The lowest BCUT2D eigenvalue weighted by atomic mass is 10.1. The molecule has 0 bridgehead atoms. The number of thiocarbonyl (C=S) groups is 1. The first-order valence-electron chi connectivity index (χ1n) is 5.08. The van der Waals surface area contributed by atoms with Gasteiger partial charge >= 0.3 is 6.09 Å². The first-order valence-corrected chi connectivity index (χ1v) is 5.48. The summed E-state index contributed by atoms with van der Waals surface area (Å²) in [5.41, 5.74) is 6.70. The van der Waals surface area contributed by atoms with Crippen molar-refractivity contribution in [2.75, 3.05) is 13.2 Å². The highest BCUT2D eigenvalue weighted by Gasteiger charge is 2.23. The Labute approximate surface area is 103 Å². The number of carbonyl (C=O) groups excluding carboxylic acids is 1. The zero-order chi connectivity index (χ0) is 12.4. The zero-order valence-electron chi connectivity index (χ0n) is 8.98. The van der Waals surface area contributed by atoms with Crippen LogP contribution in [0.2, 0.25) is 0 Å². The second-order valence-corrected chi connectivity index (χ2v) is 4.14. The van der Waals surface area contributed by atoms with Crippen molar-refractivity contribution in [2.24, 2.45) is 5.73 Å². The molecule has 0 atom stereocenters. The number of ether oxygens (including phenoxy) is 1. The molecule has 0 spiro atoms. The van der Waals surface area contributed by atoms with E-state index >= 15 is 0 Å². The standard InChI is InChI=1S/C11H11FN2O2S/c12-8-2-1-7(9(5-8)10(13)17)6-14-3-4-16-11(14)15/h1-2,5H,3-4,6H2,(H2,13,17). The van der Waals surface area contributed by atoms with Crippen LogP contribution in [0.5, 0.6) is 0 Å². The lowest BCUT2D eigenvalue weighted by Gasteiger charge is -2.15. The fourth-order valence-corrected chi connectivity index (χ4v) is 1.88. The summed E-state index contributed by atoms with van der Waals surface area (Å²) in [6.45, 7) is 1.22. The minimum atomic E-state index is -0.402. The molecule has 1 aliphatic heterocycles. The Bertz CT molecular complexity index is 479. The monoisotopic (exact) mass is 254 g/mol. The third-order valence-corrected chi connectivity index (χ3v) is 2.76. The minimum Gasteiger partial charge on any atom is -0.448 e. The molecule has 90 valence electrons. The molecule has 17 heavy (non-hydrogen) atoms. The van der Waals surface area contributed by atoms with Crippen LogP contribution in [-0.2, 0) is 11.3 Å². The second-order valence-electron chi connectivity index (χ2n) is 3.70.